The molecule has 0 heterocycles. The van der Waals surface area contributed by atoms with Gasteiger partial charge in [0.25, 0.3) is 5.91 Å². The van der Waals surface area contributed by atoms with Gasteiger partial charge in [0.05, 0.1) is 11.3 Å². The fraction of sp³-hybridized carbons (Fsp3) is 0.556. The maximum Gasteiger partial charge on any atom is 0.303 e. The van der Waals surface area contributed by atoms with Crippen molar-refractivity contribution in [1.82, 2.24) is 5.32 Å². The van der Waals surface area contributed by atoms with Crippen molar-refractivity contribution in [2.24, 2.45) is 0 Å². The quantitative estimate of drug-likeness (QED) is 0.425. The highest BCUT2D eigenvalue weighted by atomic mass is 19.1. The largest absolute Gasteiger partial charge is 0.481 e. The summed E-state index contributed by atoms with van der Waals surface area (Å²) in [5, 5.41) is 14.4. The molecule has 1 saturated carbocycles. The summed E-state index contributed by atoms with van der Waals surface area (Å²) in [7, 11) is 0. The number of nitrogens with one attached hydrogen (secondary N) is 2. The van der Waals surface area contributed by atoms with Crippen LogP contribution >= 0.6 is 0 Å². The second-order valence-electron chi connectivity index (χ2n) is 6.51. The molecule has 138 valence electrons. The van der Waals surface area contributed by atoms with Gasteiger partial charge in [-0.25, -0.2) is 4.39 Å². The minimum absolute atomic E-state index is 0.0637. The van der Waals surface area contributed by atoms with Crippen LogP contribution in [0.15, 0.2) is 12.1 Å². The molecule has 1 aromatic carbocycles. The fourth-order valence-corrected chi connectivity index (χ4v) is 3.06. The highest BCUT2D eigenvalue weighted by molar-refractivity contribution is 5.99. The molecule has 0 saturated heterocycles. The van der Waals surface area contributed by atoms with Crippen molar-refractivity contribution in [2.45, 2.75) is 57.4 Å². The predicted octanol–water partition coefficient (Wildman–Crippen LogP) is 3.14. The van der Waals surface area contributed by atoms with Crippen LogP contribution in [0.2, 0.25) is 0 Å². The van der Waals surface area contributed by atoms with Gasteiger partial charge in [0.1, 0.15) is 5.82 Å². The lowest BCUT2D eigenvalue weighted by Gasteiger charge is -2.24. The van der Waals surface area contributed by atoms with Crippen molar-refractivity contribution < 1.29 is 19.1 Å². The summed E-state index contributed by atoms with van der Waals surface area (Å²) in [5.41, 5.74) is 6.58. The van der Waals surface area contributed by atoms with Crippen LogP contribution in [0.3, 0.4) is 0 Å². The first-order valence-electron chi connectivity index (χ1n) is 8.83. The molecule has 25 heavy (non-hydrogen) atoms. The maximum atomic E-state index is 14.3. The summed E-state index contributed by atoms with van der Waals surface area (Å²) in [6.45, 7) is 0.329. The summed E-state index contributed by atoms with van der Waals surface area (Å²) >= 11 is 0. The molecule has 1 aliphatic carbocycles. The van der Waals surface area contributed by atoms with Crippen molar-refractivity contribution in [1.29, 1.82) is 0 Å². The molecule has 0 atom stereocenters. The number of unbranched alkanes of at least 4 members (excludes halogenated alkanes) is 1. The van der Waals surface area contributed by atoms with E-state index in [2.05, 4.69) is 10.6 Å². The topological polar surface area (TPSA) is 104 Å². The van der Waals surface area contributed by atoms with Crippen molar-refractivity contribution >= 4 is 23.3 Å². The average Bonchev–Trinajstić information content (AvgIpc) is 2.58. The lowest BCUT2D eigenvalue weighted by Crippen LogP contribution is -2.26. The monoisotopic (exact) mass is 351 g/mol. The lowest BCUT2D eigenvalue weighted by atomic mass is 9.95. The number of halogens is 1. The van der Waals surface area contributed by atoms with Crippen LogP contribution in [0.4, 0.5) is 15.8 Å². The van der Waals surface area contributed by atoms with E-state index in [1.807, 2.05) is 0 Å². The Morgan fingerprint density at radius 2 is 1.92 bits per heavy atom. The Kier molecular flexibility index (Phi) is 7.03. The lowest BCUT2D eigenvalue weighted by molar-refractivity contribution is -0.137. The number of carbonyl (C=O) groups is 2. The number of aliphatic carboxylic acids is 1. The Labute approximate surface area is 147 Å². The molecule has 5 N–H and O–H groups in total. The molecule has 1 aromatic rings. The third kappa shape index (κ3) is 5.92. The van der Waals surface area contributed by atoms with E-state index in [0.29, 0.717) is 25.1 Å². The number of rotatable bonds is 8. The predicted molar refractivity (Wildman–Crippen MR) is 95.1 cm³/mol. The molecule has 1 amide bonds. The third-order valence-corrected chi connectivity index (χ3v) is 4.45. The van der Waals surface area contributed by atoms with Gasteiger partial charge in [-0.15, -0.1) is 0 Å². The minimum Gasteiger partial charge on any atom is -0.481 e. The normalized spacial score (nSPS) is 14.9. The summed E-state index contributed by atoms with van der Waals surface area (Å²) in [5.74, 6) is -1.80. The van der Waals surface area contributed by atoms with Crippen LogP contribution < -0.4 is 16.4 Å². The van der Waals surface area contributed by atoms with Gasteiger partial charge in [-0.2, -0.15) is 0 Å². The van der Waals surface area contributed by atoms with Crippen LogP contribution in [0.5, 0.6) is 0 Å². The zero-order valence-corrected chi connectivity index (χ0v) is 14.3. The molecular weight excluding hydrogens is 325 g/mol. The Bertz CT molecular complexity index is 616. The van der Waals surface area contributed by atoms with Gasteiger partial charge >= 0.3 is 5.97 Å². The van der Waals surface area contributed by atoms with E-state index in [1.54, 1.807) is 0 Å². The first-order chi connectivity index (χ1) is 12.0. The molecule has 1 aliphatic rings. The van der Waals surface area contributed by atoms with Crippen LogP contribution in [-0.4, -0.2) is 29.6 Å². The highest BCUT2D eigenvalue weighted by Gasteiger charge is 2.18. The molecule has 2 rings (SSSR count). The van der Waals surface area contributed by atoms with Crippen LogP contribution in [0.1, 0.15) is 61.7 Å². The number of hydrogen-bond donors (Lipinski definition) is 4. The molecule has 0 radical (unpaired) electrons. The van der Waals surface area contributed by atoms with Gasteiger partial charge < -0.3 is 21.5 Å². The number of hydrogen-bond acceptors (Lipinski definition) is 4. The van der Waals surface area contributed by atoms with Gasteiger partial charge in [0, 0.05) is 24.7 Å². The minimum atomic E-state index is -0.862. The summed E-state index contributed by atoms with van der Waals surface area (Å²) in [6, 6.07) is 2.88. The van der Waals surface area contributed by atoms with Crippen LogP contribution in [-0.2, 0) is 4.79 Å². The standard InChI is InChI=1S/C18H26FN3O3/c19-14-10-13(18(25)21-9-5-4-8-17(23)24)15(20)11-16(14)22-12-6-2-1-3-7-12/h10-12,22H,1-9,20H2,(H,21,25)(H,23,24). The first-order valence-corrected chi connectivity index (χ1v) is 8.83. The average molecular weight is 351 g/mol. The van der Waals surface area contributed by atoms with E-state index < -0.39 is 17.7 Å². The van der Waals surface area contributed by atoms with E-state index in [1.165, 1.54) is 12.5 Å². The first kappa shape index (κ1) is 19.0. The Hall–Kier alpha value is -2.31. The van der Waals surface area contributed by atoms with E-state index in [0.717, 1.165) is 31.7 Å². The van der Waals surface area contributed by atoms with Crippen molar-refractivity contribution in [2.75, 3.05) is 17.6 Å². The molecule has 1 fully saturated rings. The van der Waals surface area contributed by atoms with Crippen molar-refractivity contribution in [3.05, 3.63) is 23.5 Å². The van der Waals surface area contributed by atoms with Gasteiger partial charge in [0.2, 0.25) is 0 Å². The number of anilines is 2. The van der Waals surface area contributed by atoms with Crippen molar-refractivity contribution in [3.63, 3.8) is 0 Å². The number of carboxylic acids is 1. The Morgan fingerprint density at radius 1 is 1.20 bits per heavy atom. The second-order valence-corrected chi connectivity index (χ2v) is 6.51. The van der Waals surface area contributed by atoms with Crippen LogP contribution in [0.25, 0.3) is 0 Å². The zero-order chi connectivity index (χ0) is 18.2. The fourth-order valence-electron chi connectivity index (χ4n) is 3.06. The second kappa shape index (κ2) is 9.25. The number of amides is 1. The molecule has 0 aromatic heterocycles. The van der Waals surface area contributed by atoms with Gasteiger partial charge in [-0.05, 0) is 37.8 Å². The molecule has 7 heteroatoms. The number of carboxylic acid groups (broad SMARTS) is 1. The van der Waals surface area contributed by atoms with Crippen molar-refractivity contribution in [3.8, 4) is 0 Å². The SMILES string of the molecule is Nc1cc(NC2CCCCC2)c(F)cc1C(=O)NCCCCC(=O)O. The molecular formula is C18H26FN3O3. The molecule has 0 bridgehead atoms. The Balaban J connectivity index is 1.91. The number of nitrogens with two attached hydrogens (primary N) is 1. The van der Waals surface area contributed by atoms with E-state index in [4.69, 9.17) is 10.8 Å². The summed E-state index contributed by atoms with van der Waals surface area (Å²) in [4.78, 5) is 22.5. The summed E-state index contributed by atoms with van der Waals surface area (Å²) < 4.78 is 14.3. The smallest absolute Gasteiger partial charge is 0.303 e. The van der Waals surface area contributed by atoms with E-state index in [-0.39, 0.29) is 23.7 Å². The van der Waals surface area contributed by atoms with Gasteiger partial charge in [0.15, 0.2) is 0 Å². The summed E-state index contributed by atoms with van der Waals surface area (Å²) in [6.07, 6.45) is 6.60. The van der Waals surface area contributed by atoms with E-state index >= 15 is 0 Å². The van der Waals surface area contributed by atoms with Gasteiger partial charge in [-0.1, -0.05) is 19.3 Å². The number of benzene rings is 1. The Morgan fingerprint density at radius 3 is 2.60 bits per heavy atom. The number of carbonyl (C=O) groups excluding carboxylic acids is 1. The third-order valence-electron chi connectivity index (χ3n) is 4.45. The maximum absolute atomic E-state index is 14.3. The molecule has 0 unspecified atom stereocenters. The zero-order valence-electron chi connectivity index (χ0n) is 14.3. The molecule has 0 spiro atoms. The van der Waals surface area contributed by atoms with E-state index in [9.17, 15) is 14.0 Å². The molecule has 6 nitrogen and oxygen atoms in total. The number of nitrogen functional groups attached to an aromatic ring is 1. The molecule has 0 aliphatic heterocycles. The van der Waals surface area contributed by atoms with Gasteiger partial charge in [-0.3, -0.25) is 9.59 Å². The highest BCUT2D eigenvalue weighted by Crippen LogP contribution is 2.26. The van der Waals surface area contributed by atoms with Crippen LogP contribution in [0, 0.1) is 5.82 Å².